The van der Waals surface area contributed by atoms with Gasteiger partial charge in [0.25, 0.3) is 0 Å². The normalized spacial score (nSPS) is 18.1. The second-order valence-electron chi connectivity index (χ2n) is 13.7. The number of aromatic nitrogens is 7. The molecule has 14 nitrogen and oxygen atoms in total. The number of likely N-dealkylation sites (N-methyl/N-ethyl adjacent to an activating group) is 1. The van der Waals surface area contributed by atoms with Crippen molar-refractivity contribution in [2.24, 2.45) is 0 Å². The van der Waals surface area contributed by atoms with Crippen LogP contribution in [0.1, 0.15) is 37.9 Å². The van der Waals surface area contributed by atoms with E-state index in [4.69, 9.17) is 14.5 Å². The summed E-state index contributed by atoms with van der Waals surface area (Å²) in [7, 11) is 0. The van der Waals surface area contributed by atoms with Crippen LogP contribution < -0.4 is 20.3 Å². The van der Waals surface area contributed by atoms with Gasteiger partial charge >= 0.3 is 12.4 Å². The smallest absolute Gasteiger partial charge is 0.377 e. The van der Waals surface area contributed by atoms with E-state index in [1.54, 1.807) is 24.1 Å². The van der Waals surface area contributed by atoms with Crippen LogP contribution in [0, 0.1) is 6.92 Å². The van der Waals surface area contributed by atoms with Gasteiger partial charge in [-0.25, -0.2) is 19.9 Å². The van der Waals surface area contributed by atoms with Crippen LogP contribution in [0.4, 0.5) is 43.7 Å². The largest absolute Gasteiger partial charge is 0.417 e. The first-order valence-corrected chi connectivity index (χ1v) is 18.2. The highest BCUT2D eigenvalue weighted by Crippen LogP contribution is 2.41. The first-order valence-electron chi connectivity index (χ1n) is 18.2. The number of anilines is 3. The number of fused-ring (bicyclic) bond motifs is 2. The fourth-order valence-electron chi connectivity index (χ4n) is 7.48. The molecule has 6 heterocycles. The van der Waals surface area contributed by atoms with Crippen LogP contribution in [-0.2, 0) is 20.4 Å². The van der Waals surface area contributed by atoms with Gasteiger partial charge in [0, 0.05) is 53.0 Å². The molecule has 2 aliphatic rings. The van der Waals surface area contributed by atoms with Crippen molar-refractivity contribution in [3.8, 4) is 22.8 Å². The standard InChI is InChI=1S/C37H38F6N10O4/c1-4-52-31(55)18-51(34-35(52)49-28(17-44-34)23-7-9-27(47-21(23)3)33-45-19-46-50-33)11-12-56-13-14-57-32(37(41,42)43)29-10-5-20(2)53(29)22-6-8-26-24(15-22)25(36(38,39)40)16-30(54)48-26/h6-9,15-17,19-20,29,32H,4-5,10-14,18H2,1-3H3,(H,48,54)(H,45,46,50)/t20-,29?,32?/m0/s1. The lowest BCUT2D eigenvalue weighted by Crippen LogP contribution is -2.50. The number of carbonyl (C=O) groups excluding carboxylic acids is 1. The van der Waals surface area contributed by atoms with Crippen LogP contribution in [0.2, 0.25) is 0 Å². The van der Waals surface area contributed by atoms with Crippen LogP contribution in [-0.4, -0.2) is 105 Å². The number of alkyl halides is 6. The Balaban J connectivity index is 1.00. The highest BCUT2D eigenvalue weighted by atomic mass is 19.4. The van der Waals surface area contributed by atoms with Gasteiger partial charge in [0.15, 0.2) is 23.6 Å². The van der Waals surface area contributed by atoms with E-state index >= 15 is 0 Å². The summed E-state index contributed by atoms with van der Waals surface area (Å²) in [5.41, 5.74) is 0.394. The number of nitrogens with zero attached hydrogens (tertiary/aromatic N) is 8. The Bertz CT molecular complexity index is 2300. The number of nitrogens with one attached hydrogen (secondary N) is 2. The Labute approximate surface area is 321 Å². The zero-order valence-corrected chi connectivity index (χ0v) is 31.0. The molecule has 0 radical (unpaired) electrons. The SMILES string of the molecule is CCN1C(=O)CN(CCOCCOC(C2CC[C@H](C)N2c2ccc3[nH]c(=O)cc(C(F)(F)F)c3c2)C(F)(F)F)c2ncc(-c3ccc(-c4ncn[nH]4)nc3C)nc21. The highest BCUT2D eigenvalue weighted by molar-refractivity contribution is 6.01. The third-order valence-electron chi connectivity index (χ3n) is 10.1. The molecule has 1 fully saturated rings. The predicted octanol–water partition coefficient (Wildman–Crippen LogP) is 5.69. The fraction of sp³-hybridized carbons (Fsp3) is 0.432. The van der Waals surface area contributed by atoms with E-state index in [0.717, 1.165) is 6.07 Å². The number of rotatable bonds is 12. The molecule has 2 N–H and O–H groups in total. The summed E-state index contributed by atoms with van der Waals surface area (Å²) < 4.78 is 96.3. The van der Waals surface area contributed by atoms with Crippen molar-refractivity contribution >= 4 is 34.1 Å². The van der Waals surface area contributed by atoms with Gasteiger partial charge in [-0.3, -0.25) is 19.6 Å². The van der Waals surface area contributed by atoms with E-state index in [1.807, 2.05) is 19.9 Å². The average Bonchev–Trinajstić information content (AvgIpc) is 3.83. The average molecular weight is 801 g/mol. The minimum Gasteiger partial charge on any atom is -0.377 e. The minimum atomic E-state index is -4.86. The molecule has 57 heavy (non-hydrogen) atoms. The van der Waals surface area contributed by atoms with Crippen molar-refractivity contribution in [1.29, 1.82) is 0 Å². The minimum absolute atomic E-state index is 0.0116. The zero-order chi connectivity index (χ0) is 40.6. The van der Waals surface area contributed by atoms with Crippen LogP contribution in [0.25, 0.3) is 33.7 Å². The second kappa shape index (κ2) is 15.7. The fourth-order valence-corrected chi connectivity index (χ4v) is 7.48. The van der Waals surface area contributed by atoms with E-state index in [9.17, 15) is 35.9 Å². The Morgan fingerprint density at radius 3 is 2.46 bits per heavy atom. The molecule has 20 heteroatoms. The van der Waals surface area contributed by atoms with Gasteiger partial charge in [-0.15, -0.1) is 0 Å². The second-order valence-corrected chi connectivity index (χ2v) is 13.7. The summed E-state index contributed by atoms with van der Waals surface area (Å²) in [6.45, 7) is 5.26. The highest BCUT2D eigenvalue weighted by Gasteiger charge is 2.51. The lowest BCUT2D eigenvalue weighted by Gasteiger charge is -2.36. The number of pyridine rings is 2. The topological polar surface area (TPSA) is 158 Å². The molecule has 0 aliphatic carbocycles. The van der Waals surface area contributed by atoms with E-state index in [0.29, 0.717) is 59.1 Å². The molecular weight excluding hydrogens is 762 g/mol. The third kappa shape index (κ3) is 8.13. The molecule has 2 aliphatic heterocycles. The molecule has 0 saturated carbocycles. The summed E-state index contributed by atoms with van der Waals surface area (Å²) in [6, 6.07) is 6.18. The Morgan fingerprint density at radius 1 is 0.947 bits per heavy atom. The van der Waals surface area contributed by atoms with Crippen molar-refractivity contribution in [2.75, 3.05) is 54.2 Å². The number of amides is 1. The first kappa shape index (κ1) is 39.6. The molecule has 1 aromatic carbocycles. The first-order chi connectivity index (χ1) is 27.1. The summed E-state index contributed by atoms with van der Waals surface area (Å²) >= 11 is 0. The van der Waals surface area contributed by atoms with E-state index in [1.165, 1.54) is 28.3 Å². The maximum Gasteiger partial charge on any atom is 0.417 e. The Hall–Kier alpha value is -5.63. The lowest BCUT2D eigenvalue weighted by atomic mass is 10.0. The molecular formula is C37H38F6N10O4. The van der Waals surface area contributed by atoms with Crippen LogP contribution in [0.5, 0.6) is 0 Å². The number of hydrogen-bond donors (Lipinski definition) is 2. The summed E-state index contributed by atoms with van der Waals surface area (Å²) in [6.07, 6.45) is -8.55. The van der Waals surface area contributed by atoms with Crippen LogP contribution in [0.3, 0.4) is 0 Å². The van der Waals surface area contributed by atoms with Gasteiger partial charge in [-0.1, -0.05) is 0 Å². The summed E-state index contributed by atoms with van der Waals surface area (Å²) in [5.74, 6) is 1.09. The monoisotopic (exact) mass is 800 g/mol. The molecule has 7 rings (SSSR count). The van der Waals surface area contributed by atoms with Gasteiger partial charge in [0.05, 0.1) is 49.9 Å². The van der Waals surface area contributed by atoms with Crippen LogP contribution in [0.15, 0.2) is 53.7 Å². The molecule has 4 aromatic heterocycles. The maximum absolute atomic E-state index is 14.6. The van der Waals surface area contributed by atoms with Crippen molar-refractivity contribution in [1.82, 2.24) is 35.1 Å². The lowest BCUT2D eigenvalue weighted by molar-refractivity contribution is -0.228. The summed E-state index contributed by atoms with van der Waals surface area (Å²) in [4.78, 5) is 50.2. The molecule has 2 unspecified atom stereocenters. The molecule has 0 spiro atoms. The molecule has 0 bridgehead atoms. The van der Waals surface area contributed by atoms with Gasteiger partial charge in [0.2, 0.25) is 11.5 Å². The number of aromatic amines is 2. The van der Waals surface area contributed by atoms with Crippen molar-refractivity contribution in [2.45, 2.75) is 64.2 Å². The van der Waals surface area contributed by atoms with E-state index in [2.05, 4.69) is 30.1 Å². The van der Waals surface area contributed by atoms with Crippen molar-refractivity contribution in [3.63, 3.8) is 0 Å². The molecule has 5 aromatic rings. The number of aryl methyl sites for hydroxylation is 1. The van der Waals surface area contributed by atoms with Crippen molar-refractivity contribution in [3.05, 3.63) is 70.5 Å². The van der Waals surface area contributed by atoms with Gasteiger partial charge in [-0.2, -0.15) is 31.4 Å². The Kier molecular flexibility index (Phi) is 10.9. The van der Waals surface area contributed by atoms with Crippen molar-refractivity contribution < 1.29 is 40.6 Å². The summed E-state index contributed by atoms with van der Waals surface area (Å²) in [5, 5.41) is 6.30. The van der Waals surface area contributed by atoms with E-state index in [-0.39, 0.29) is 55.2 Å². The molecule has 1 amide bonds. The number of H-pyrrole nitrogens is 2. The van der Waals surface area contributed by atoms with Gasteiger partial charge in [0.1, 0.15) is 12.0 Å². The van der Waals surface area contributed by atoms with Gasteiger partial charge < -0.3 is 24.3 Å². The number of benzene rings is 1. The number of hydrogen-bond acceptors (Lipinski definition) is 11. The number of ether oxygens (including phenoxy) is 2. The maximum atomic E-state index is 14.6. The molecule has 1 saturated heterocycles. The zero-order valence-electron chi connectivity index (χ0n) is 31.0. The van der Waals surface area contributed by atoms with Crippen LogP contribution >= 0.6 is 0 Å². The Morgan fingerprint density at radius 2 is 1.75 bits per heavy atom. The molecule has 3 atom stereocenters. The quantitative estimate of drug-likeness (QED) is 0.118. The number of halogens is 6. The predicted molar refractivity (Wildman–Crippen MR) is 197 cm³/mol. The third-order valence-corrected chi connectivity index (χ3v) is 10.1. The van der Waals surface area contributed by atoms with Gasteiger partial charge in [-0.05, 0) is 63.9 Å². The molecule has 302 valence electrons. The van der Waals surface area contributed by atoms with E-state index < -0.39 is 48.3 Å². The number of carbonyl (C=O) groups is 1.